The van der Waals surface area contributed by atoms with E-state index in [0.29, 0.717) is 11.1 Å². The van der Waals surface area contributed by atoms with Crippen LogP contribution in [0.3, 0.4) is 0 Å². The first kappa shape index (κ1) is 19.3. The molecule has 0 bridgehead atoms. The summed E-state index contributed by atoms with van der Waals surface area (Å²) in [6, 6.07) is 13.0. The Kier molecular flexibility index (Phi) is 5.73. The molecule has 3 rings (SSSR count). The quantitative estimate of drug-likeness (QED) is 0.500. The largest absolute Gasteiger partial charge is 0.478 e. The van der Waals surface area contributed by atoms with Gasteiger partial charge in [-0.25, -0.2) is 4.79 Å². The molecule has 0 radical (unpaired) electrons. The Hall–Kier alpha value is -2.49. The minimum Gasteiger partial charge on any atom is -0.478 e. The molecule has 1 aliphatic rings. The Morgan fingerprint density at radius 2 is 1.56 bits per heavy atom. The van der Waals surface area contributed by atoms with Gasteiger partial charge >= 0.3 is 5.97 Å². The summed E-state index contributed by atoms with van der Waals surface area (Å²) in [6.45, 7) is -0.575. The van der Waals surface area contributed by atoms with Crippen molar-refractivity contribution in [3.05, 3.63) is 54.1 Å². The predicted molar refractivity (Wildman–Crippen MR) is 93.2 cm³/mol. The van der Waals surface area contributed by atoms with E-state index in [2.05, 4.69) is 0 Å². The first-order valence-electron chi connectivity index (χ1n) is 8.33. The van der Waals surface area contributed by atoms with E-state index in [1.165, 1.54) is 6.07 Å². The number of aromatic carboxylic acids is 1. The molecule has 144 valence electrons. The van der Waals surface area contributed by atoms with Crippen molar-refractivity contribution < 1.29 is 39.8 Å². The number of aliphatic hydroxyl groups excluding tert-OH is 4. The van der Waals surface area contributed by atoms with Crippen molar-refractivity contribution in [3.8, 4) is 16.9 Å². The molecule has 0 aromatic heterocycles. The Morgan fingerprint density at radius 3 is 2.22 bits per heavy atom. The molecule has 0 amide bonds. The molecule has 1 aliphatic heterocycles. The molecule has 1 saturated heterocycles. The van der Waals surface area contributed by atoms with Gasteiger partial charge in [-0.3, -0.25) is 0 Å². The molecule has 5 N–H and O–H groups in total. The van der Waals surface area contributed by atoms with Gasteiger partial charge in [0.25, 0.3) is 0 Å². The zero-order chi connectivity index (χ0) is 19.6. The average Bonchev–Trinajstić information content (AvgIpc) is 2.68. The van der Waals surface area contributed by atoms with Crippen LogP contribution in [0.5, 0.6) is 5.75 Å². The van der Waals surface area contributed by atoms with Crippen LogP contribution in [0.15, 0.2) is 48.5 Å². The van der Waals surface area contributed by atoms with Crippen LogP contribution in [-0.2, 0) is 4.74 Å². The molecule has 2 aromatic carbocycles. The molecule has 0 unspecified atom stereocenters. The van der Waals surface area contributed by atoms with Gasteiger partial charge in [-0.1, -0.05) is 36.4 Å². The fourth-order valence-corrected chi connectivity index (χ4v) is 2.99. The maximum absolute atomic E-state index is 11.5. The lowest BCUT2D eigenvalue weighted by Gasteiger charge is -2.39. The van der Waals surface area contributed by atoms with Gasteiger partial charge in [-0.2, -0.15) is 0 Å². The van der Waals surface area contributed by atoms with E-state index in [9.17, 15) is 30.3 Å². The summed E-state index contributed by atoms with van der Waals surface area (Å²) in [5, 5.41) is 48.6. The highest BCUT2D eigenvalue weighted by atomic mass is 16.7. The number of carboxylic acid groups (broad SMARTS) is 1. The highest BCUT2D eigenvalue weighted by Gasteiger charge is 2.44. The molecule has 0 spiro atoms. The van der Waals surface area contributed by atoms with E-state index >= 15 is 0 Å². The number of benzene rings is 2. The fourth-order valence-electron chi connectivity index (χ4n) is 2.99. The van der Waals surface area contributed by atoms with Gasteiger partial charge in [0.1, 0.15) is 30.2 Å². The monoisotopic (exact) mass is 376 g/mol. The van der Waals surface area contributed by atoms with Crippen molar-refractivity contribution in [3.63, 3.8) is 0 Å². The molecule has 27 heavy (non-hydrogen) atoms. The smallest absolute Gasteiger partial charge is 0.336 e. The number of carbonyl (C=O) groups is 1. The lowest BCUT2D eigenvalue weighted by atomic mass is 9.98. The third-order valence-corrected chi connectivity index (χ3v) is 4.43. The molecule has 5 atom stereocenters. The summed E-state index contributed by atoms with van der Waals surface area (Å²) in [5.41, 5.74) is 0.931. The number of carboxylic acids is 1. The summed E-state index contributed by atoms with van der Waals surface area (Å²) < 4.78 is 11.0. The first-order chi connectivity index (χ1) is 12.9. The molecule has 1 fully saturated rings. The molecule has 2 aromatic rings. The van der Waals surface area contributed by atoms with Gasteiger partial charge in [0.2, 0.25) is 6.29 Å². The molecule has 8 heteroatoms. The number of para-hydroxylation sites is 1. The van der Waals surface area contributed by atoms with Crippen LogP contribution >= 0.6 is 0 Å². The van der Waals surface area contributed by atoms with Crippen molar-refractivity contribution in [2.75, 3.05) is 6.61 Å². The highest BCUT2D eigenvalue weighted by molar-refractivity contribution is 5.96. The van der Waals surface area contributed by atoms with Crippen molar-refractivity contribution >= 4 is 5.97 Å². The minimum absolute atomic E-state index is 0.0716. The number of hydrogen-bond acceptors (Lipinski definition) is 7. The number of aliphatic hydroxyl groups is 4. The van der Waals surface area contributed by atoms with Crippen LogP contribution in [0.25, 0.3) is 11.1 Å². The van der Waals surface area contributed by atoms with Gasteiger partial charge in [0, 0.05) is 5.56 Å². The third-order valence-electron chi connectivity index (χ3n) is 4.43. The Bertz CT molecular complexity index is 806. The summed E-state index contributed by atoms with van der Waals surface area (Å²) in [4.78, 5) is 11.5. The number of rotatable bonds is 5. The first-order valence-corrected chi connectivity index (χ1v) is 8.33. The maximum atomic E-state index is 11.5. The number of hydrogen-bond donors (Lipinski definition) is 5. The Labute approximate surface area is 154 Å². The van der Waals surface area contributed by atoms with E-state index in [-0.39, 0.29) is 11.3 Å². The maximum Gasteiger partial charge on any atom is 0.336 e. The molecule has 0 aliphatic carbocycles. The van der Waals surface area contributed by atoms with Gasteiger partial charge in [0.05, 0.1) is 12.2 Å². The van der Waals surface area contributed by atoms with E-state index in [0.717, 1.165) is 0 Å². The molecular weight excluding hydrogens is 356 g/mol. The zero-order valence-corrected chi connectivity index (χ0v) is 14.2. The van der Waals surface area contributed by atoms with Gasteiger partial charge in [-0.05, 0) is 17.7 Å². The normalized spacial score (nSPS) is 27.9. The van der Waals surface area contributed by atoms with Crippen molar-refractivity contribution in [1.29, 1.82) is 0 Å². The lowest BCUT2D eigenvalue weighted by Crippen LogP contribution is -2.60. The fraction of sp³-hybridized carbons (Fsp3) is 0.316. The van der Waals surface area contributed by atoms with E-state index in [4.69, 9.17) is 9.47 Å². The minimum atomic E-state index is -1.57. The van der Waals surface area contributed by atoms with Crippen LogP contribution in [0.2, 0.25) is 0 Å². The standard InChI is InChI=1S/C19H20O8/c20-9-14-15(21)16(22)17(23)19(27-14)26-13-8-4-3-6-11(13)10-5-1-2-7-12(10)18(24)25/h1-8,14-17,19-23H,9H2,(H,24,25)/t14-,15-,16+,17+,19+/m1/s1. The second kappa shape index (κ2) is 8.03. The van der Waals surface area contributed by atoms with Crippen LogP contribution in [0.1, 0.15) is 10.4 Å². The second-order valence-electron chi connectivity index (χ2n) is 6.16. The van der Waals surface area contributed by atoms with Gasteiger partial charge in [0.15, 0.2) is 0 Å². The van der Waals surface area contributed by atoms with Crippen molar-refractivity contribution in [2.24, 2.45) is 0 Å². The Morgan fingerprint density at radius 1 is 0.926 bits per heavy atom. The van der Waals surface area contributed by atoms with E-state index in [1.807, 2.05) is 0 Å². The van der Waals surface area contributed by atoms with E-state index < -0.39 is 43.3 Å². The highest BCUT2D eigenvalue weighted by Crippen LogP contribution is 2.34. The summed E-state index contributed by atoms with van der Waals surface area (Å²) in [5.74, 6) is -0.885. The van der Waals surface area contributed by atoms with Crippen LogP contribution in [0.4, 0.5) is 0 Å². The topological polar surface area (TPSA) is 137 Å². The predicted octanol–water partition coefficient (Wildman–Crippen LogP) is 0.230. The van der Waals surface area contributed by atoms with Crippen molar-refractivity contribution in [2.45, 2.75) is 30.7 Å². The molecule has 0 saturated carbocycles. The third kappa shape index (κ3) is 3.80. The van der Waals surface area contributed by atoms with Crippen molar-refractivity contribution in [1.82, 2.24) is 0 Å². The zero-order valence-electron chi connectivity index (χ0n) is 14.2. The summed E-state index contributed by atoms with van der Waals surface area (Å²) >= 11 is 0. The van der Waals surface area contributed by atoms with Crippen LogP contribution in [0, 0.1) is 0 Å². The SMILES string of the molecule is O=C(O)c1ccccc1-c1ccccc1O[C@H]1O[C@H](CO)[C@@H](O)[C@H](O)[C@@H]1O. The molecule has 1 heterocycles. The van der Waals surface area contributed by atoms with Gasteiger partial charge in [-0.15, -0.1) is 0 Å². The summed E-state index contributed by atoms with van der Waals surface area (Å²) in [7, 11) is 0. The summed E-state index contributed by atoms with van der Waals surface area (Å²) in [6.07, 6.45) is -7.09. The Balaban J connectivity index is 1.95. The molecule has 8 nitrogen and oxygen atoms in total. The van der Waals surface area contributed by atoms with Gasteiger partial charge < -0.3 is 35.0 Å². The average molecular weight is 376 g/mol. The lowest BCUT2D eigenvalue weighted by molar-refractivity contribution is -0.277. The molecular formula is C19H20O8. The van der Waals surface area contributed by atoms with E-state index in [1.54, 1.807) is 42.5 Å². The number of ether oxygens (including phenoxy) is 2. The second-order valence-corrected chi connectivity index (χ2v) is 6.16. The van der Waals surface area contributed by atoms with Crippen LogP contribution < -0.4 is 4.74 Å². The van der Waals surface area contributed by atoms with Crippen LogP contribution in [-0.4, -0.2) is 68.8 Å².